The number of nitrogens with zero attached hydrogens (tertiary/aromatic N) is 1. The van der Waals surface area contributed by atoms with Crippen LogP contribution in [-0.4, -0.2) is 23.5 Å². The van der Waals surface area contributed by atoms with E-state index in [9.17, 15) is 4.79 Å². The smallest absolute Gasteiger partial charge is 0.233 e. The van der Waals surface area contributed by atoms with E-state index in [0.717, 1.165) is 5.56 Å². The lowest BCUT2D eigenvalue weighted by Crippen LogP contribution is -2.46. The topological polar surface area (TPSA) is 87.7 Å². The van der Waals surface area contributed by atoms with Crippen molar-refractivity contribution in [2.75, 3.05) is 6.54 Å². The number of amides is 1. The Morgan fingerprint density at radius 2 is 2.10 bits per heavy atom. The molecular formula is C13H17Cl2N3O2. The third kappa shape index (κ3) is 4.02. The number of halogens is 2. The van der Waals surface area contributed by atoms with Gasteiger partial charge in [0.2, 0.25) is 5.91 Å². The summed E-state index contributed by atoms with van der Waals surface area (Å²) in [5, 5.41) is 15.4. The van der Waals surface area contributed by atoms with Gasteiger partial charge in [-0.2, -0.15) is 0 Å². The predicted octanol–water partition coefficient (Wildman–Crippen LogP) is 2.42. The molecule has 0 saturated carbocycles. The molecule has 0 heterocycles. The molecule has 0 fully saturated rings. The summed E-state index contributed by atoms with van der Waals surface area (Å²) in [4.78, 5) is 12.0. The van der Waals surface area contributed by atoms with Gasteiger partial charge in [-0.1, -0.05) is 34.4 Å². The summed E-state index contributed by atoms with van der Waals surface area (Å²) >= 11 is 11.8. The molecular weight excluding hydrogens is 301 g/mol. The van der Waals surface area contributed by atoms with Crippen LogP contribution in [0.3, 0.4) is 0 Å². The second-order valence-corrected chi connectivity index (χ2v) is 5.70. The Morgan fingerprint density at radius 3 is 2.65 bits per heavy atom. The van der Waals surface area contributed by atoms with Crippen LogP contribution in [0.5, 0.6) is 0 Å². The molecule has 1 amide bonds. The van der Waals surface area contributed by atoms with Crippen LogP contribution in [-0.2, 0) is 11.2 Å². The number of carbonyl (C=O) groups is 1. The van der Waals surface area contributed by atoms with Gasteiger partial charge in [-0.25, -0.2) is 0 Å². The highest BCUT2D eigenvalue weighted by Crippen LogP contribution is 2.21. The third-order valence-corrected chi connectivity index (χ3v) is 3.60. The molecule has 0 aromatic heterocycles. The first-order valence-electron chi connectivity index (χ1n) is 5.99. The van der Waals surface area contributed by atoms with Crippen molar-refractivity contribution in [1.82, 2.24) is 5.32 Å². The van der Waals surface area contributed by atoms with Gasteiger partial charge in [-0.15, -0.1) is 0 Å². The van der Waals surface area contributed by atoms with E-state index in [0.29, 0.717) is 23.0 Å². The molecule has 1 aromatic rings. The van der Waals surface area contributed by atoms with E-state index in [-0.39, 0.29) is 11.7 Å². The van der Waals surface area contributed by atoms with Crippen LogP contribution >= 0.6 is 23.2 Å². The molecule has 1 aromatic carbocycles. The van der Waals surface area contributed by atoms with E-state index >= 15 is 0 Å². The summed E-state index contributed by atoms with van der Waals surface area (Å²) in [7, 11) is 0. The summed E-state index contributed by atoms with van der Waals surface area (Å²) in [6.45, 7) is 3.54. The molecule has 0 unspecified atom stereocenters. The first-order chi connectivity index (χ1) is 9.28. The Labute approximate surface area is 127 Å². The fourth-order valence-electron chi connectivity index (χ4n) is 1.50. The number of nitrogens with two attached hydrogens (primary N) is 1. The number of hydrogen-bond donors (Lipinski definition) is 3. The average Bonchev–Trinajstić information content (AvgIpc) is 2.39. The first-order valence-corrected chi connectivity index (χ1v) is 6.75. The lowest BCUT2D eigenvalue weighted by atomic mass is 9.91. The largest absolute Gasteiger partial charge is 0.409 e. The number of benzene rings is 1. The maximum atomic E-state index is 12.0. The fourth-order valence-corrected chi connectivity index (χ4v) is 2.00. The second-order valence-electron chi connectivity index (χ2n) is 4.85. The number of oxime groups is 1. The monoisotopic (exact) mass is 317 g/mol. The lowest BCUT2D eigenvalue weighted by Gasteiger charge is -2.21. The Bertz CT molecular complexity index is 530. The molecule has 0 aliphatic rings. The number of carbonyl (C=O) groups excluding carboxylic acids is 1. The van der Waals surface area contributed by atoms with Crippen molar-refractivity contribution in [1.29, 1.82) is 0 Å². The molecule has 0 saturated heterocycles. The molecule has 4 N–H and O–H groups in total. The highest BCUT2D eigenvalue weighted by molar-refractivity contribution is 6.35. The zero-order chi connectivity index (χ0) is 15.3. The van der Waals surface area contributed by atoms with Gasteiger partial charge in [0.15, 0.2) is 5.84 Å². The van der Waals surface area contributed by atoms with E-state index in [2.05, 4.69) is 10.5 Å². The van der Waals surface area contributed by atoms with Crippen molar-refractivity contribution < 1.29 is 10.0 Å². The van der Waals surface area contributed by atoms with Gasteiger partial charge in [0.25, 0.3) is 0 Å². The minimum Gasteiger partial charge on any atom is -0.409 e. The van der Waals surface area contributed by atoms with Crippen molar-refractivity contribution in [3.8, 4) is 0 Å². The highest BCUT2D eigenvalue weighted by Gasteiger charge is 2.32. The average molecular weight is 318 g/mol. The summed E-state index contributed by atoms with van der Waals surface area (Å²) in [6.07, 6.45) is 0.563. The van der Waals surface area contributed by atoms with Gasteiger partial charge < -0.3 is 16.3 Å². The summed E-state index contributed by atoms with van der Waals surface area (Å²) in [5.74, 6) is -0.461. The number of amidine groups is 1. The molecule has 110 valence electrons. The van der Waals surface area contributed by atoms with Gasteiger partial charge in [0.05, 0.1) is 0 Å². The van der Waals surface area contributed by atoms with E-state index < -0.39 is 5.41 Å². The number of hydrogen-bond acceptors (Lipinski definition) is 3. The molecule has 0 aliphatic heterocycles. The predicted molar refractivity (Wildman–Crippen MR) is 80.4 cm³/mol. The van der Waals surface area contributed by atoms with Crippen LogP contribution in [0.4, 0.5) is 0 Å². The van der Waals surface area contributed by atoms with E-state index in [1.807, 2.05) is 6.07 Å². The fraction of sp³-hybridized carbons (Fsp3) is 0.385. The summed E-state index contributed by atoms with van der Waals surface area (Å²) in [5.41, 5.74) is 5.29. The van der Waals surface area contributed by atoms with Gasteiger partial charge in [-0.3, -0.25) is 4.79 Å². The normalized spacial score (nSPS) is 12.3. The highest BCUT2D eigenvalue weighted by atomic mass is 35.5. The van der Waals surface area contributed by atoms with Crippen molar-refractivity contribution in [3.05, 3.63) is 33.8 Å². The summed E-state index contributed by atoms with van der Waals surface area (Å²) in [6, 6.07) is 5.21. The molecule has 20 heavy (non-hydrogen) atoms. The Hall–Kier alpha value is -1.46. The Morgan fingerprint density at radius 1 is 1.45 bits per heavy atom. The molecule has 1 rings (SSSR count). The van der Waals surface area contributed by atoms with Crippen molar-refractivity contribution in [3.63, 3.8) is 0 Å². The quantitative estimate of drug-likeness (QED) is 0.337. The van der Waals surface area contributed by atoms with Crippen molar-refractivity contribution in [2.24, 2.45) is 16.3 Å². The zero-order valence-corrected chi connectivity index (χ0v) is 12.8. The van der Waals surface area contributed by atoms with E-state index in [1.54, 1.807) is 26.0 Å². The van der Waals surface area contributed by atoms with Gasteiger partial charge >= 0.3 is 0 Å². The van der Waals surface area contributed by atoms with Gasteiger partial charge in [0, 0.05) is 16.6 Å². The molecule has 0 radical (unpaired) electrons. The molecule has 7 heteroatoms. The van der Waals surface area contributed by atoms with Crippen LogP contribution in [0.25, 0.3) is 0 Å². The summed E-state index contributed by atoms with van der Waals surface area (Å²) < 4.78 is 0. The van der Waals surface area contributed by atoms with Gasteiger partial charge in [0.1, 0.15) is 5.41 Å². The standard InChI is InChI=1S/C13H17Cl2N3O2/c1-13(2,11(16)18-20)12(19)17-6-5-8-3-4-9(14)7-10(8)15/h3-4,7,20H,5-6H2,1-2H3,(H2,16,18)(H,17,19). The number of nitrogens with one attached hydrogen (secondary N) is 1. The minimum atomic E-state index is -1.07. The lowest BCUT2D eigenvalue weighted by molar-refractivity contribution is -0.126. The van der Waals surface area contributed by atoms with Crippen LogP contribution in [0.15, 0.2) is 23.4 Å². The molecule has 0 atom stereocenters. The molecule has 0 spiro atoms. The van der Waals surface area contributed by atoms with Crippen LogP contribution in [0.2, 0.25) is 10.0 Å². The second kappa shape index (κ2) is 6.81. The SMILES string of the molecule is CC(C)(C(=O)NCCc1ccc(Cl)cc1Cl)C(N)=NO. The van der Waals surface area contributed by atoms with Crippen molar-refractivity contribution >= 4 is 34.9 Å². The van der Waals surface area contributed by atoms with Gasteiger partial charge in [-0.05, 0) is 38.0 Å². The van der Waals surface area contributed by atoms with E-state index in [4.69, 9.17) is 34.1 Å². The van der Waals surface area contributed by atoms with Crippen LogP contribution in [0, 0.1) is 5.41 Å². The zero-order valence-electron chi connectivity index (χ0n) is 11.3. The minimum absolute atomic E-state index is 0.139. The third-order valence-electron chi connectivity index (χ3n) is 3.01. The Balaban J connectivity index is 2.58. The first kappa shape index (κ1) is 16.6. The molecule has 0 aliphatic carbocycles. The number of rotatable bonds is 5. The molecule has 0 bridgehead atoms. The van der Waals surface area contributed by atoms with E-state index in [1.165, 1.54) is 0 Å². The van der Waals surface area contributed by atoms with Crippen LogP contribution < -0.4 is 11.1 Å². The van der Waals surface area contributed by atoms with Crippen molar-refractivity contribution in [2.45, 2.75) is 20.3 Å². The maximum absolute atomic E-state index is 12.0. The maximum Gasteiger partial charge on any atom is 0.233 e. The van der Waals surface area contributed by atoms with Crippen LogP contribution in [0.1, 0.15) is 19.4 Å². The Kier molecular flexibility index (Phi) is 5.65. The molecule has 5 nitrogen and oxygen atoms in total.